The zero-order valence-electron chi connectivity index (χ0n) is 11.1. The fraction of sp³-hybridized carbons (Fsp3) is 0.267. The summed E-state index contributed by atoms with van der Waals surface area (Å²) in [4.78, 5) is 2.16. The Morgan fingerprint density at radius 1 is 1.20 bits per heavy atom. The average molecular weight is 263 g/mol. The number of rotatable bonds is 2. The van der Waals surface area contributed by atoms with Gasteiger partial charge in [-0.2, -0.15) is 15.8 Å². The molecule has 0 spiro atoms. The molecular formula is C15H13N5. The Kier molecular flexibility index (Phi) is 3.89. The number of hydrogen-bond acceptors (Lipinski definition) is 5. The van der Waals surface area contributed by atoms with Crippen molar-refractivity contribution in [1.29, 1.82) is 15.8 Å². The molecule has 1 aliphatic heterocycles. The first-order valence-electron chi connectivity index (χ1n) is 6.25. The third kappa shape index (κ3) is 2.55. The van der Waals surface area contributed by atoms with Gasteiger partial charge in [0, 0.05) is 25.0 Å². The van der Waals surface area contributed by atoms with Crippen LogP contribution in [-0.4, -0.2) is 13.6 Å². The standard InChI is InChI=1S/C15H13N5/c1-20-6-2-3-11-4-5-13(7-15(11)20)19-14(10-18)12(8-16)9-17/h4-5,7,19H,2-3,6H2,1H3. The molecule has 5 nitrogen and oxygen atoms in total. The summed E-state index contributed by atoms with van der Waals surface area (Å²) < 4.78 is 0. The maximum Gasteiger partial charge on any atom is 0.163 e. The van der Waals surface area contributed by atoms with E-state index < -0.39 is 0 Å². The summed E-state index contributed by atoms with van der Waals surface area (Å²) in [5, 5.41) is 29.5. The molecule has 98 valence electrons. The Labute approximate surface area is 118 Å². The highest BCUT2D eigenvalue weighted by atomic mass is 15.1. The normalized spacial score (nSPS) is 12.4. The van der Waals surface area contributed by atoms with Crippen LogP contribution in [0.3, 0.4) is 0 Å². The van der Waals surface area contributed by atoms with Crippen molar-refractivity contribution in [3.63, 3.8) is 0 Å². The van der Waals surface area contributed by atoms with Gasteiger partial charge in [-0.3, -0.25) is 0 Å². The molecule has 0 radical (unpaired) electrons. The maximum absolute atomic E-state index is 9.03. The summed E-state index contributed by atoms with van der Waals surface area (Å²) in [6.07, 6.45) is 2.18. The van der Waals surface area contributed by atoms with Gasteiger partial charge in [-0.15, -0.1) is 0 Å². The quantitative estimate of drug-likeness (QED) is 0.827. The van der Waals surface area contributed by atoms with E-state index in [0.29, 0.717) is 5.69 Å². The van der Waals surface area contributed by atoms with Gasteiger partial charge in [-0.25, -0.2) is 0 Å². The number of anilines is 2. The van der Waals surface area contributed by atoms with E-state index in [2.05, 4.69) is 10.2 Å². The third-order valence-electron chi connectivity index (χ3n) is 3.29. The van der Waals surface area contributed by atoms with E-state index >= 15 is 0 Å². The molecule has 0 saturated carbocycles. The first kappa shape index (κ1) is 13.5. The van der Waals surface area contributed by atoms with E-state index in [9.17, 15) is 0 Å². The van der Waals surface area contributed by atoms with Crippen molar-refractivity contribution in [2.45, 2.75) is 12.8 Å². The number of nitrogens with zero attached hydrogens (tertiary/aromatic N) is 4. The van der Waals surface area contributed by atoms with Crippen molar-refractivity contribution in [2.75, 3.05) is 23.8 Å². The molecule has 2 rings (SSSR count). The highest BCUT2D eigenvalue weighted by Crippen LogP contribution is 2.29. The summed E-state index contributed by atoms with van der Waals surface area (Å²) in [5.74, 6) is 0. The zero-order chi connectivity index (χ0) is 14.5. The van der Waals surface area contributed by atoms with Crippen molar-refractivity contribution in [2.24, 2.45) is 0 Å². The molecule has 20 heavy (non-hydrogen) atoms. The minimum Gasteiger partial charge on any atom is -0.374 e. The highest BCUT2D eigenvalue weighted by molar-refractivity contribution is 5.67. The molecule has 0 fully saturated rings. The van der Waals surface area contributed by atoms with Crippen molar-refractivity contribution < 1.29 is 0 Å². The number of allylic oxidation sites excluding steroid dienone is 2. The number of nitriles is 3. The molecular weight excluding hydrogens is 250 g/mol. The molecule has 0 bridgehead atoms. The van der Waals surface area contributed by atoms with Gasteiger partial charge in [-0.05, 0) is 30.5 Å². The van der Waals surface area contributed by atoms with Crippen molar-refractivity contribution in [3.05, 3.63) is 35.0 Å². The molecule has 0 atom stereocenters. The Balaban J connectivity index is 2.35. The SMILES string of the molecule is CN1CCCc2ccc(NC(C#N)=C(C#N)C#N)cc21. The highest BCUT2D eigenvalue weighted by Gasteiger charge is 2.14. The second-order valence-electron chi connectivity index (χ2n) is 4.58. The molecule has 0 unspecified atom stereocenters. The largest absolute Gasteiger partial charge is 0.374 e. The van der Waals surface area contributed by atoms with Gasteiger partial charge in [-0.1, -0.05) is 6.07 Å². The molecule has 1 aromatic rings. The van der Waals surface area contributed by atoms with Crippen LogP contribution in [0.15, 0.2) is 29.5 Å². The van der Waals surface area contributed by atoms with E-state index in [1.807, 2.05) is 31.3 Å². The van der Waals surface area contributed by atoms with E-state index in [1.54, 1.807) is 12.1 Å². The second-order valence-corrected chi connectivity index (χ2v) is 4.58. The van der Waals surface area contributed by atoms with Crippen LogP contribution in [0.4, 0.5) is 11.4 Å². The third-order valence-corrected chi connectivity index (χ3v) is 3.29. The van der Waals surface area contributed by atoms with Gasteiger partial charge in [0.05, 0.1) is 0 Å². The number of aryl methyl sites for hydroxylation is 1. The van der Waals surface area contributed by atoms with Gasteiger partial charge in [0.15, 0.2) is 5.57 Å². The zero-order valence-corrected chi connectivity index (χ0v) is 11.1. The van der Waals surface area contributed by atoms with E-state index in [1.165, 1.54) is 5.56 Å². The fourth-order valence-electron chi connectivity index (χ4n) is 2.26. The number of benzene rings is 1. The topological polar surface area (TPSA) is 86.6 Å². The van der Waals surface area contributed by atoms with Crippen LogP contribution in [0.5, 0.6) is 0 Å². The Hall–Kier alpha value is -2.97. The summed E-state index contributed by atoms with van der Waals surface area (Å²) in [6, 6.07) is 11.1. The van der Waals surface area contributed by atoms with Gasteiger partial charge in [0.1, 0.15) is 23.9 Å². The van der Waals surface area contributed by atoms with Crippen LogP contribution in [0, 0.1) is 34.0 Å². The lowest BCUT2D eigenvalue weighted by Crippen LogP contribution is -2.24. The molecule has 1 aliphatic rings. The lowest BCUT2D eigenvalue weighted by atomic mass is 10.0. The molecule has 0 aromatic heterocycles. The van der Waals surface area contributed by atoms with E-state index in [-0.39, 0.29) is 11.3 Å². The van der Waals surface area contributed by atoms with Crippen LogP contribution in [0.2, 0.25) is 0 Å². The van der Waals surface area contributed by atoms with E-state index in [4.69, 9.17) is 15.8 Å². The number of nitrogens with one attached hydrogen (secondary N) is 1. The fourth-order valence-corrected chi connectivity index (χ4v) is 2.26. The van der Waals surface area contributed by atoms with Crippen molar-refractivity contribution in [1.82, 2.24) is 0 Å². The van der Waals surface area contributed by atoms with Gasteiger partial charge in [0.2, 0.25) is 0 Å². The molecule has 0 amide bonds. The van der Waals surface area contributed by atoms with Crippen molar-refractivity contribution in [3.8, 4) is 18.2 Å². The van der Waals surface area contributed by atoms with Gasteiger partial charge < -0.3 is 10.2 Å². The molecule has 1 N–H and O–H groups in total. The predicted octanol–water partition coefficient (Wildman–Crippen LogP) is 2.31. The van der Waals surface area contributed by atoms with Crippen LogP contribution in [0.25, 0.3) is 0 Å². The first-order chi connectivity index (χ1) is 9.69. The number of fused-ring (bicyclic) bond motifs is 1. The van der Waals surface area contributed by atoms with Crippen LogP contribution in [0.1, 0.15) is 12.0 Å². The molecule has 1 heterocycles. The van der Waals surface area contributed by atoms with Crippen LogP contribution in [-0.2, 0) is 6.42 Å². The smallest absolute Gasteiger partial charge is 0.163 e. The summed E-state index contributed by atoms with van der Waals surface area (Å²) in [7, 11) is 2.03. The summed E-state index contributed by atoms with van der Waals surface area (Å²) in [6.45, 7) is 0.999. The predicted molar refractivity (Wildman–Crippen MR) is 75.5 cm³/mol. The Morgan fingerprint density at radius 2 is 1.95 bits per heavy atom. The minimum atomic E-state index is -0.210. The maximum atomic E-state index is 9.03. The number of hydrogen-bond donors (Lipinski definition) is 1. The minimum absolute atomic E-state index is 0.0200. The van der Waals surface area contributed by atoms with Crippen LogP contribution >= 0.6 is 0 Å². The van der Waals surface area contributed by atoms with Gasteiger partial charge in [0.25, 0.3) is 0 Å². The molecule has 0 saturated heterocycles. The molecule has 0 aliphatic carbocycles. The lowest BCUT2D eigenvalue weighted by molar-refractivity contribution is 0.745. The summed E-state index contributed by atoms with van der Waals surface area (Å²) >= 11 is 0. The molecule has 1 aromatic carbocycles. The second kappa shape index (κ2) is 5.78. The van der Waals surface area contributed by atoms with Crippen LogP contribution < -0.4 is 10.2 Å². The average Bonchev–Trinajstić information content (AvgIpc) is 2.48. The first-order valence-corrected chi connectivity index (χ1v) is 6.25. The van der Waals surface area contributed by atoms with Crippen molar-refractivity contribution >= 4 is 11.4 Å². The Bertz CT molecular complexity index is 666. The lowest BCUT2D eigenvalue weighted by Gasteiger charge is -2.28. The summed E-state index contributed by atoms with van der Waals surface area (Å²) in [5.41, 5.74) is 2.87. The Morgan fingerprint density at radius 3 is 2.60 bits per heavy atom. The van der Waals surface area contributed by atoms with E-state index in [0.717, 1.165) is 25.1 Å². The van der Waals surface area contributed by atoms with Gasteiger partial charge >= 0.3 is 0 Å². The molecule has 5 heteroatoms. The monoisotopic (exact) mass is 263 g/mol.